The Morgan fingerprint density at radius 3 is 2.60 bits per heavy atom. The van der Waals surface area contributed by atoms with Crippen LogP contribution in [0.15, 0.2) is 59.7 Å². The van der Waals surface area contributed by atoms with E-state index in [0.717, 1.165) is 11.3 Å². The van der Waals surface area contributed by atoms with Crippen LogP contribution in [0, 0.1) is 0 Å². The third kappa shape index (κ3) is 2.56. The van der Waals surface area contributed by atoms with E-state index in [1.54, 1.807) is 13.3 Å². The molecule has 2 unspecified atom stereocenters. The number of pyridine rings is 1. The van der Waals surface area contributed by atoms with Gasteiger partial charge < -0.3 is 9.47 Å². The molecule has 0 N–H and O–H groups in total. The van der Waals surface area contributed by atoms with Crippen LogP contribution in [0.5, 0.6) is 0 Å². The fourth-order valence-electron chi connectivity index (χ4n) is 2.29. The van der Waals surface area contributed by atoms with E-state index in [0.29, 0.717) is 12.5 Å². The highest BCUT2D eigenvalue weighted by Crippen LogP contribution is 2.30. The molecule has 0 aliphatic carbocycles. The molecule has 4 heteroatoms. The van der Waals surface area contributed by atoms with Gasteiger partial charge >= 0.3 is 0 Å². The number of aliphatic imine (C=N–C) groups is 1. The number of nitrogens with zero attached hydrogens (tertiary/aromatic N) is 2. The lowest BCUT2D eigenvalue weighted by atomic mass is 10.0. The summed E-state index contributed by atoms with van der Waals surface area (Å²) in [5, 5.41) is 0. The highest BCUT2D eigenvalue weighted by Gasteiger charge is 2.33. The summed E-state index contributed by atoms with van der Waals surface area (Å²) >= 11 is 0. The van der Waals surface area contributed by atoms with Crippen LogP contribution in [0.2, 0.25) is 0 Å². The number of hydrogen-bond acceptors (Lipinski definition) is 4. The van der Waals surface area contributed by atoms with Gasteiger partial charge in [0.05, 0.1) is 6.61 Å². The summed E-state index contributed by atoms with van der Waals surface area (Å²) in [6, 6.07) is 15.7. The van der Waals surface area contributed by atoms with E-state index in [2.05, 4.69) is 9.98 Å². The molecule has 1 aliphatic heterocycles. The van der Waals surface area contributed by atoms with Crippen LogP contribution in [-0.4, -0.2) is 30.6 Å². The van der Waals surface area contributed by atoms with Gasteiger partial charge in [0.1, 0.15) is 11.7 Å². The standard InChI is InChI=1S/C16H16N2O2/c1-19-11-14-15(12-7-3-2-4-8-12)20-16(18-14)13-9-5-6-10-17-13/h2-10,14-15H,11H2,1H3. The Balaban J connectivity index is 1.88. The number of aromatic nitrogens is 1. The second-order valence-electron chi connectivity index (χ2n) is 4.62. The molecular formula is C16H16N2O2. The Kier molecular flexibility index (Phi) is 3.74. The minimum Gasteiger partial charge on any atom is -0.466 e. The molecule has 0 bridgehead atoms. The summed E-state index contributed by atoms with van der Waals surface area (Å²) in [6.45, 7) is 0.524. The molecule has 2 heterocycles. The minimum absolute atomic E-state index is 0.0422. The topological polar surface area (TPSA) is 43.7 Å². The van der Waals surface area contributed by atoms with E-state index in [-0.39, 0.29) is 12.1 Å². The van der Waals surface area contributed by atoms with Crippen molar-refractivity contribution in [2.24, 2.45) is 4.99 Å². The Morgan fingerprint density at radius 1 is 1.10 bits per heavy atom. The summed E-state index contributed by atoms with van der Waals surface area (Å²) < 4.78 is 11.3. The third-order valence-electron chi connectivity index (χ3n) is 3.22. The third-order valence-corrected chi connectivity index (χ3v) is 3.22. The van der Waals surface area contributed by atoms with Crippen molar-refractivity contribution < 1.29 is 9.47 Å². The second kappa shape index (κ2) is 5.84. The molecule has 0 fully saturated rings. The molecule has 2 aromatic rings. The van der Waals surface area contributed by atoms with E-state index < -0.39 is 0 Å². The smallest absolute Gasteiger partial charge is 0.236 e. The first-order chi connectivity index (χ1) is 9.88. The maximum Gasteiger partial charge on any atom is 0.236 e. The van der Waals surface area contributed by atoms with Crippen LogP contribution in [0.4, 0.5) is 0 Å². The molecule has 0 amide bonds. The minimum atomic E-state index is -0.117. The van der Waals surface area contributed by atoms with Crippen LogP contribution in [0.3, 0.4) is 0 Å². The van der Waals surface area contributed by atoms with Gasteiger partial charge in [0, 0.05) is 13.3 Å². The van der Waals surface area contributed by atoms with Crippen molar-refractivity contribution in [1.29, 1.82) is 0 Å². The monoisotopic (exact) mass is 268 g/mol. The van der Waals surface area contributed by atoms with Crippen LogP contribution in [0.1, 0.15) is 17.4 Å². The number of benzene rings is 1. The zero-order chi connectivity index (χ0) is 13.8. The summed E-state index contributed by atoms with van der Waals surface area (Å²) in [5.41, 5.74) is 1.86. The number of methoxy groups -OCH3 is 1. The molecule has 1 aromatic heterocycles. The van der Waals surface area contributed by atoms with Gasteiger partial charge in [-0.05, 0) is 17.7 Å². The SMILES string of the molecule is COCC1N=C(c2ccccn2)OC1c1ccccc1. The molecule has 0 spiro atoms. The lowest BCUT2D eigenvalue weighted by Crippen LogP contribution is -2.19. The van der Waals surface area contributed by atoms with Gasteiger partial charge in [-0.25, -0.2) is 4.99 Å². The molecule has 4 nitrogen and oxygen atoms in total. The van der Waals surface area contributed by atoms with Gasteiger partial charge in [-0.3, -0.25) is 4.98 Å². The average Bonchev–Trinajstić information content (AvgIpc) is 2.94. The Bertz CT molecular complexity index is 584. The molecule has 1 aromatic carbocycles. The fraction of sp³-hybridized carbons (Fsp3) is 0.250. The largest absolute Gasteiger partial charge is 0.466 e. The van der Waals surface area contributed by atoms with Gasteiger partial charge in [0.15, 0.2) is 6.10 Å². The maximum absolute atomic E-state index is 6.01. The van der Waals surface area contributed by atoms with E-state index in [1.807, 2.05) is 48.5 Å². The van der Waals surface area contributed by atoms with E-state index in [4.69, 9.17) is 9.47 Å². The normalized spacial score (nSPS) is 21.4. The predicted molar refractivity (Wildman–Crippen MR) is 76.7 cm³/mol. The second-order valence-corrected chi connectivity index (χ2v) is 4.62. The summed E-state index contributed by atoms with van der Waals surface area (Å²) in [4.78, 5) is 8.90. The van der Waals surface area contributed by atoms with Crippen LogP contribution in [-0.2, 0) is 9.47 Å². The molecule has 2 atom stereocenters. The quantitative estimate of drug-likeness (QED) is 0.856. The fourth-order valence-corrected chi connectivity index (χ4v) is 2.29. The van der Waals surface area contributed by atoms with E-state index in [1.165, 1.54) is 0 Å². The van der Waals surface area contributed by atoms with Crippen molar-refractivity contribution >= 4 is 5.90 Å². The Morgan fingerprint density at radius 2 is 1.90 bits per heavy atom. The molecule has 0 saturated heterocycles. The number of rotatable bonds is 4. The molecule has 0 saturated carbocycles. The summed E-state index contributed by atoms with van der Waals surface area (Å²) in [7, 11) is 1.68. The highest BCUT2D eigenvalue weighted by atomic mass is 16.5. The van der Waals surface area contributed by atoms with Crippen LogP contribution < -0.4 is 0 Å². The predicted octanol–water partition coefficient (Wildman–Crippen LogP) is 2.61. The van der Waals surface area contributed by atoms with Crippen molar-refractivity contribution in [2.75, 3.05) is 13.7 Å². The summed E-state index contributed by atoms with van der Waals surface area (Å²) in [6.07, 6.45) is 1.62. The molecule has 20 heavy (non-hydrogen) atoms. The van der Waals surface area contributed by atoms with Gasteiger partial charge in [-0.1, -0.05) is 36.4 Å². The lowest BCUT2D eigenvalue weighted by molar-refractivity contribution is 0.120. The van der Waals surface area contributed by atoms with E-state index in [9.17, 15) is 0 Å². The molecule has 102 valence electrons. The highest BCUT2D eigenvalue weighted by molar-refractivity contribution is 5.93. The maximum atomic E-state index is 6.01. The van der Waals surface area contributed by atoms with Crippen molar-refractivity contribution in [1.82, 2.24) is 4.98 Å². The van der Waals surface area contributed by atoms with Crippen molar-refractivity contribution in [3.05, 3.63) is 66.0 Å². The summed E-state index contributed by atoms with van der Waals surface area (Å²) in [5.74, 6) is 0.585. The molecular weight excluding hydrogens is 252 g/mol. The lowest BCUT2D eigenvalue weighted by Gasteiger charge is -2.17. The first kappa shape index (κ1) is 12.8. The first-order valence-electron chi connectivity index (χ1n) is 6.58. The number of hydrogen-bond donors (Lipinski definition) is 0. The molecule has 3 rings (SSSR count). The molecule has 0 radical (unpaired) electrons. The first-order valence-corrected chi connectivity index (χ1v) is 6.58. The van der Waals surface area contributed by atoms with Gasteiger partial charge in [-0.2, -0.15) is 0 Å². The van der Waals surface area contributed by atoms with Gasteiger partial charge in [0.2, 0.25) is 5.90 Å². The van der Waals surface area contributed by atoms with E-state index >= 15 is 0 Å². The average molecular weight is 268 g/mol. The Labute approximate surface area is 118 Å². The van der Waals surface area contributed by atoms with Gasteiger partial charge in [0.25, 0.3) is 0 Å². The van der Waals surface area contributed by atoms with Crippen molar-refractivity contribution in [3.8, 4) is 0 Å². The van der Waals surface area contributed by atoms with Crippen molar-refractivity contribution in [2.45, 2.75) is 12.1 Å². The Hall–Kier alpha value is -2.20. The zero-order valence-electron chi connectivity index (χ0n) is 11.3. The van der Waals surface area contributed by atoms with Gasteiger partial charge in [-0.15, -0.1) is 0 Å². The molecule has 1 aliphatic rings. The van der Waals surface area contributed by atoms with Crippen LogP contribution in [0.25, 0.3) is 0 Å². The van der Waals surface area contributed by atoms with Crippen LogP contribution >= 0.6 is 0 Å². The number of ether oxygens (including phenoxy) is 2. The van der Waals surface area contributed by atoms with Crippen molar-refractivity contribution in [3.63, 3.8) is 0 Å². The zero-order valence-corrected chi connectivity index (χ0v) is 11.3.